The molecule has 0 aliphatic heterocycles. The molecule has 4 aromatic rings. The Hall–Kier alpha value is 2.83. The van der Waals surface area contributed by atoms with E-state index < -0.39 is 14.5 Å². The van der Waals surface area contributed by atoms with Crippen LogP contribution in [0.5, 0.6) is 0 Å². The van der Waals surface area contributed by atoms with Gasteiger partial charge < -0.3 is 88.6 Å². The first-order chi connectivity index (χ1) is 16.4. The molecular formula is C24H24B2F8I3K2N2Na. The van der Waals surface area contributed by atoms with Gasteiger partial charge in [0.2, 0.25) is 0 Å². The maximum absolute atomic E-state index is 9.75. The fraction of sp³-hybridized carbons (Fsp3) is 0. The third-order valence-electron chi connectivity index (χ3n) is 4.57. The number of halogens is 11. The van der Waals surface area contributed by atoms with Crippen LogP contribution in [0.2, 0.25) is 0 Å². The minimum atomic E-state index is -6.00. The molecule has 3 N–H and O–H groups in total. The molecule has 0 radical (unpaired) electrons. The normalized spacial score (nSPS) is 9.52. The van der Waals surface area contributed by atoms with Gasteiger partial charge in [0, 0.05) is 48.5 Å². The zero-order valence-corrected chi connectivity index (χ0v) is 37.9. The van der Waals surface area contributed by atoms with Crippen LogP contribution in [0.25, 0.3) is 0 Å². The van der Waals surface area contributed by atoms with E-state index in [-0.39, 0.29) is 210 Å². The predicted molar refractivity (Wildman–Crippen MR) is 147 cm³/mol. The molecule has 0 aromatic heterocycles. The maximum atomic E-state index is 9.75. The van der Waals surface area contributed by atoms with E-state index in [1.165, 1.54) is 22.7 Å². The smallest absolute Gasteiger partial charge is 1.00 e. The van der Waals surface area contributed by atoms with E-state index >= 15 is 0 Å². The van der Waals surface area contributed by atoms with Gasteiger partial charge in [-0.2, -0.15) is 4.48 Å². The van der Waals surface area contributed by atoms with Crippen LogP contribution in [-0.4, -0.2) is 14.5 Å². The van der Waals surface area contributed by atoms with Crippen LogP contribution in [0.1, 0.15) is 0 Å². The Morgan fingerprint density at radius 2 is 0.500 bits per heavy atom. The summed E-state index contributed by atoms with van der Waals surface area (Å²) in [4.78, 5) is 0. The molecule has 0 spiro atoms. The Kier molecular flexibility index (Phi) is 39.2. The van der Waals surface area contributed by atoms with Gasteiger partial charge in [-0.05, 0) is 0 Å². The van der Waals surface area contributed by atoms with Crippen molar-refractivity contribution < 1.29 is 215 Å². The third kappa shape index (κ3) is 21.7. The zero-order chi connectivity index (χ0) is 26.0. The summed E-state index contributed by atoms with van der Waals surface area (Å²) >= 11 is 0. The molecule has 216 valence electrons. The fourth-order valence-electron chi connectivity index (χ4n) is 3.50. The van der Waals surface area contributed by atoms with Crippen molar-refractivity contribution in [1.29, 1.82) is 0 Å². The summed E-state index contributed by atoms with van der Waals surface area (Å²) < 4.78 is 78.6. The number of para-hydroxylation sites is 4. The van der Waals surface area contributed by atoms with Gasteiger partial charge in [0.15, 0.2) is 0 Å². The van der Waals surface area contributed by atoms with E-state index in [9.17, 15) is 34.5 Å². The van der Waals surface area contributed by atoms with Crippen molar-refractivity contribution in [1.82, 2.24) is 10.6 Å². The first-order valence-corrected chi connectivity index (χ1v) is 10.3. The van der Waals surface area contributed by atoms with Gasteiger partial charge in [0.25, 0.3) is 0 Å². The average molecular weight is 996 g/mol. The van der Waals surface area contributed by atoms with Crippen LogP contribution in [0.15, 0.2) is 121 Å². The maximum Gasteiger partial charge on any atom is 1.00 e. The largest absolute Gasteiger partial charge is 1.00 e. The number of hydrogen-bond acceptors (Lipinski definition) is 1. The first kappa shape index (κ1) is 57.1. The van der Waals surface area contributed by atoms with Crippen molar-refractivity contribution in [3.05, 3.63) is 121 Å². The molecule has 0 saturated carbocycles. The molecule has 0 saturated heterocycles. The number of rotatable bonds is 4. The van der Waals surface area contributed by atoms with Crippen LogP contribution in [0.3, 0.4) is 0 Å². The Morgan fingerprint density at radius 3 is 0.619 bits per heavy atom. The summed E-state index contributed by atoms with van der Waals surface area (Å²) in [6, 6.07) is 42.8. The van der Waals surface area contributed by atoms with Gasteiger partial charge in [0.1, 0.15) is 22.7 Å². The van der Waals surface area contributed by atoms with E-state index in [2.05, 4.69) is 121 Å². The zero-order valence-electron chi connectivity index (χ0n) is 23.0. The molecule has 0 heterocycles. The number of hydrogen-bond donors (Lipinski definition) is 1. The van der Waals surface area contributed by atoms with E-state index in [4.69, 9.17) is 0 Å². The van der Waals surface area contributed by atoms with Crippen LogP contribution in [0, 0.1) is 0 Å². The summed E-state index contributed by atoms with van der Waals surface area (Å²) in [6.07, 6.45) is 0. The quantitative estimate of drug-likeness (QED) is 0.0953. The Labute approximate surface area is 399 Å². The third-order valence-corrected chi connectivity index (χ3v) is 4.57. The summed E-state index contributed by atoms with van der Waals surface area (Å²) in [5.74, 6) is 0. The molecule has 2 nitrogen and oxygen atoms in total. The Bertz CT molecular complexity index is 975. The second-order valence-electron chi connectivity index (χ2n) is 7.00. The first-order valence-electron chi connectivity index (χ1n) is 10.3. The average Bonchev–Trinajstić information content (AvgIpc) is 2.80. The molecular weight excluding hydrogens is 972 g/mol. The molecule has 0 atom stereocenters. The summed E-state index contributed by atoms with van der Waals surface area (Å²) in [6.45, 7) is 0. The number of benzene rings is 4. The minimum Gasteiger partial charge on any atom is -1.00 e. The van der Waals surface area contributed by atoms with Crippen molar-refractivity contribution in [3.8, 4) is 0 Å². The van der Waals surface area contributed by atoms with E-state index in [1.807, 2.05) is 0 Å². The Morgan fingerprint density at radius 1 is 0.381 bits per heavy atom. The van der Waals surface area contributed by atoms with Gasteiger partial charge in [-0.3, -0.25) is 0 Å². The van der Waals surface area contributed by atoms with Crippen molar-refractivity contribution >= 4 is 61.2 Å². The molecule has 4 aromatic carbocycles. The second-order valence-corrected chi connectivity index (χ2v) is 7.00. The molecule has 0 amide bonds. The monoisotopic (exact) mass is 996 g/mol. The predicted octanol–water partition coefficient (Wildman–Crippen LogP) is -4.61. The van der Waals surface area contributed by atoms with Crippen molar-refractivity contribution in [3.63, 3.8) is 0 Å². The SMILES string of the molecule is F[B-](F)(F)F.F[B-](F)(F)F.I.N.[I-].[I-].[K+].[K+].[Na+].c1ccc([N+](c2ccccc2)(c2ccccc2)c2ccccc2)cc1. The minimum absolute atomic E-state index is 0. The van der Waals surface area contributed by atoms with Crippen LogP contribution in [-0.2, 0) is 0 Å². The molecule has 0 bridgehead atoms. The number of nitrogens with zero attached hydrogens (tertiary/aromatic N) is 1. The van der Waals surface area contributed by atoms with Gasteiger partial charge in [-0.1, -0.05) is 72.8 Å². The van der Waals surface area contributed by atoms with Crippen molar-refractivity contribution in [2.75, 3.05) is 0 Å². The Balaban J connectivity index is -0.000000168. The van der Waals surface area contributed by atoms with Gasteiger partial charge in [-0.25, -0.2) is 0 Å². The second kappa shape index (κ2) is 28.8. The molecule has 0 aliphatic carbocycles. The van der Waals surface area contributed by atoms with E-state index in [0.717, 1.165) is 0 Å². The van der Waals surface area contributed by atoms with Gasteiger partial charge in [-0.15, -0.1) is 24.0 Å². The number of quaternary nitrogens is 1. The van der Waals surface area contributed by atoms with Crippen LogP contribution >= 0.6 is 24.0 Å². The van der Waals surface area contributed by atoms with Crippen molar-refractivity contribution in [2.24, 2.45) is 0 Å². The molecule has 0 unspecified atom stereocenters. The summed E-state index contributed by atoms with van der Waals surface area (Å²) in [5, 5.41) is 0. The van der Waals surface area contributed by atoms with Crippen molar-refractivity contribution in [2.45, 2.75) is 0 Å². The van der Waals surface area contributed by atoms with Gasteiger partial charge >= 0.3 is 147 Å². The summed E-state index contributed by atoms with van der Waals surface area (Å²) in [7, 11) is -12.0. The van der Waals surface area contributed by atoms with E-state index in [0.29, 0.717) is 4.48 Å². The topological polar surface area (TPSA) is 35.0 Å². The molecule has 4 rings (SSSR count). The van der Waals surface area contributed by atoms with E-state index in [1.54, 1.807) is 0 Å². The molecule has 0 fully saturated rings. The molecule has 42 heavy (non-hydrogen) atoms. The standard InChI is InChI=1S/C24H20N.2BF4.3HI.2K.H3N.Na/c1-5-13-21(14-6-1)25(22-15-7-2-8-16-22,23-17-9-3-10-18-23)24-19-11-4-12-20-24;2*2-1(3,4)5;;;;;;;/h1-20H;;;3*1H;;;1H3;/q+1;2*-1;;;;2*+1;;+1/p-2. The molecule has 18 heteroatoms. The van der Waals surface area contributed by atoms with Crippen LogP contribution < -0.4 is 191 Å². The molecule has 0 aliphatic rings. The van der Waals surface area contributed by atoms with Gasteiger partial charge in [0.05, 0.1) is 0 Å². The fourth-order valence-corrected chi connectivity index (χ4v) is 3.50. The van der Waals surface area contributed by atoms with Crippen LogP contribution in [0.4, 0.5) is 57.3 Å². The summed E-state index contributed by atoms with van der Waals surface area (Å²) in [5.41, 5.74) is 4.86.